The summed E-state index contributed by atoms with van der Waals surface area (Å²) in [6, 6.07) is 7.30. The van der Waals surface area contributed by atoms with Crippen molar-refractivity contribution in [1.82, 2.24) is 5.32 Å². The number of hydrogen-bond donors (Lipinski definition) is 1. The van der Waals surface area contributed by atoms with E-state index in [2.05, 4.69) is 27.9 Å². The number of aryl methyl sites for hydroxylation is 1. The van der Waals surface area contributed by atoms with E-state index in [0.717, 1.165) is 40.4 Å². The second-order valence-electron chi connectivity index (χ2n) is 8.04. The van der Waals surface area contributed by atoms with Gasteiger partial charge in [0.2, 0.25) is 0 Å². The second kappa shape index (κ2) is 12.4. The minimum absolute atomic E-state index is 0.146. The molecule has 4 rings (SSSR count). The molecular formula is C26H27IN2O6S. The van der Waals surface area contributed by atoms with Crippen LogP contribution in [0.15, 0.2) is 39.9 Å². The highest BCUT2D eigenvalue weighted by Gasteiger charge is 2.25. The van der Waals surface area contributed by atoms with E-state index in [0.29, 0.717) is 41.0 Å². The fourth-order valence-corrected chi connectivity index (χ4v) is 5.98. The van der Waals surface area contributed by atoms with Gasteiger partial charge >= 0.3 is 5.97 Å². The maximum atomic E-state index is 13.2. The van der Waals surface area contributed by atoms with Gasteiger partial charge in [0, 0.05) is 11.1 Å². The van der Waals surface area contributed by atoms with Crippen LogP contribution in [0.1, 0.15) is 51.9 Å². The molecule has 3 aromatic rings. The number of nitrogens with zero attached hydrogens (tertiary/aromatic N) is 1. The van der Waals surface area contributed by atoms with Gasteiger partial charge < -0.3 is 23.9 Å². The van der Waals surface area contributed by atoms with Gasteiger partial charge in [0.25, 0.3) is 5.91 Å². The number of hydrogen-bond acceptors (Lipinski definition) is 8. The maximum Gasteiger partial charge on any atom is 0.344 e. The van der Waals surface area contributed by atoms with E-state index < -0.39 is 5.97 Å². The topological polar surface area (TPSA) is 99.4 Å². The van der Waals surface area contributed by atoms with Gasteiger partial charge in [0.1, 0.15) is 10.8 Å². The molecule has 1 aromatic carbocycles. The van der Waals surface area contributed by atoms with Gasteiger partial charge in [-0.3, -0.25) is 4.79 Å². The number of aliphatic imine (C=N–C) groups is 1. The molecule has 0 spiro atoms. The van der Waals surface area contributed by atoms with Crippen molar-refractivity contribution < 1.29 is 28.2 Å². The van der Waals surface area contributed by atoms with E-state index in [1.165, 1.54) is 4.88 Å². The molecule has 8 nitrogen and oxygen atoms in total. The van der Waals surface area contributed by atoms with Crippen molar-refractivity contribution in [3.63, 3.8) is 0 Å². The molecule has 0 aliphatic heterocycles. The van der Waals surface area contributed by atoms with Crippen LogP contribution in [-0.2, 0) is 28.9 Å². The number of thiophene rings is 1. The number of fused-ring (bicyclic) bond motifs is 1. The zero-order valence-corrected chi connectivity index (χ0v) is 23.1. The molecular weight excluding hydrogens is 595 g/mol. The third kappa shape index (κ3) is 6.28. The number of nitrogens with one attached hydrogen (secondary N) is 1. The Labute approximate surface area is 227 Å². The van der Waals surface area contributed by atoms with Crippen LogP contribution in [0.3, 0.4) is 0 Å². The van der Waals surface area contributed by atoms with Crippen LogP contribution >= 0.6 is 33.9 Å². The van der Waals surface area contributed by atoms with Gasteiger partial charge in [-0.25, -0.2) is 9.79 Å². The van der Waals surface area contributed by atoms with Crippen molar-refractivity contribution in [1.29, 1.82) is 0 Å². The number of rotatable bonds is 10. The van der Waals surface area contributed by atoms with Gasteiger partial charge in [0.05, 0.1) is 35.7 Å². The van der Waals surface area contributed by atoms with E-state index in [4.69, 9.17) is 23.6 Å². The molecule has 10 heteroatoms. The van der Waals surface area contributed by atoms with Crippen LogP contribution in [0.4, 0.5) is 5.00 Å². The summed E-state index contributed by atoms with van der Waals surface area (Å²) in [5.41, 5.74) is 2.53. The van der Waals surface area contributed by atoms with E-state index in [1.54, 1.807) is 50.0 Å². The average molecular weight is 622 g/mol. The van der Waals surface area contributed by atoms with Gasteiger partial charge in [0.15, 0.2) is 18.1 Å². The second-order valence-corrected chi connectivity index (χ2v) is 10.3. The lowest BCUT2D eigenvalue weighted by atomic mass is 9.95. The molecule has 1 amide bonds. The molecule has 190 valence electrons. The number of ether oxygens (including phenoxy) is 3. The summed E-state index contributed by atoms with van der Waals surface area (Å²) < 4.78 is 22.2. The molecule has 36 heavy (non-hydrogen) atoms. The molecule has 1 aliphatic carbocycles. The Balaban J connectivity index is 1.57. The normalized spacial score (nSPS) is 12.9. The SMILES string of the molecule is CCOC(=O)COc1c(I)cc(C=Nc2sc3c(c2C(=O)NCc2ccco2)CCCC3)cc1OC. The van der Waals surface area contributed by atoms with Crippen molar-refractivity contribution >= 4 is 57.0 Å². The van der Waals surface area contributed by atoms with Crippen LogP contribution in [-0.4, -0.2) is 38.4 Å². The fraction of sp³-hybridized carbons (Fsp3) is 0.346. The summed E-state index contributed by atoms with van der Waals surface area (Å²) in [6.07, 6.45) is 7.34. The predicted molar refractivity (Wildman–Crippen MR) is 146 cm³/mol. The van der Waals surface area contributed by atoms with Crippen molar-refractivity contribution in [3.05, 3.63) is 61.4 Å². The predicted octanol–water partition coefficient (Wildman–Crippen LogP) is 5.46. The first kappa shape index (κ1) is 26.2. The zero-order chi connectivity index (χ0) is 25.5. The lowest BCUT2D eigenvalue weighted by Crippen LogP contribution is -2.23. The first-order valence-corrected chi connectivity index (χ1v) is 13.5. The van der Waals surface area contributed by atoms with Crippen molar-refractivity contribution in [3.8, 4) is 11.5 Å². The molecule has 0 saturated heterocycles. The smallest absolute Gasteiger partial charge is 0.344 e. The third-order valence-electron chi connectivity index (χ3n) is 5.61. The molecule has 2 heterocycles. The third-order valence-corrected chi connectivity index (χ3v) is 7.61. The monoisotopic (exact) mass is 622 g/mol. The Morgan fingerprint density at radius 1 is 1.28 bits per heavy atom. The number of carbonyl (C=O) groups excluding carboxylic acids is 2. The van der Waals surface area contributed by atoms with E-state index in [1.807, 2.05) is 12.1 Å². The van der Waals surface area contributed by atoms with E-state index in [9.17, 15) is 9.59 Å². The highest BCUT2D eigenvalue weighted by molar-refractivity contribution is 14.1. The van der Waals surface area contributed by atoms with Gasteiger partial charge in [-0.15, -0.1) is 11.3 Å². The summed E-state index contributed by atoms with van der Waals surface area (Å²) >= 11 is 3.71. The molecule has 2 aromatic heterocycles. The van der Waals surface area contributed by atoms with E-state index >= 15 is 0 Å². The number of esters is 1. The molecule has 0 radical (unpaired) electrons. The summed E-state index contributed by atoms with van der Waals surface area (Å²) in [6.45, 7) is 2.16. The number of halogens is 1. The summed E-state index contributed by atoms with van der Waals surface area (Å²) in [7, 11) is 1.54. The van der Waals surface area contributed by atoms with Crippen molar-refractivity contribution in [2.75, 3.05) is 20.3 Å². The first-order chi connectivity index (χ1) is 17.5. The van der Waals surface area contributed by atoms with Crippen LogP contribution < -0.4 is 14.8 Å². The maximum absolute atomic E-state index is 13.2. The van der Waals surface area contributed by atoms with Gasteiger partial charge in [-0.1, -0.05) is 0 Å². The van der Waals surface area contributed by atoms with Gasteiger partial charge in [-0.2, -0.15) is 0 Å². The molecule has 0 atom stereocenters. The molecule has 0 bridgehead atoms. The van der Waals surface area contributed by atoms with Crippen LogP contribution in [0.5, 0.6) is 11.5 Å². The van der Waals surface area contributed by atoms with Crippen molar-refractivity contribution in [2.24, 2.45) is 4.99 Å². The number of furan rings is 1. The molecule has 0 fully saturated rings. The average Bonchev–Trinajstić information content (AvgIpc) is 3.53. The lowest BCUT2D eigenvalue weighted by molar-refractivity contribution is -0.145. The number of carbonyl (C=O) groups is 2. The summed E-state index contributed by atoms with van der Waals surface area (Å²) in [4.78, 5) is 30.8. The zero-order valence-electron chi connectivity index (χ0n) is 20.1. The number of benzene rings is 1. The standard InChI is InChI=1S/C26H27IN2O6S/c1-3-33-22(30)15-35-24-19(27)11-16(12-20(24)32-2)13-29-26-23(18-8-4-5-9-21(18)36-26)25(31)28-14-17-7-6-10-34-17/h6-7,10-13H,3-5,8-9,14-15H2,1-2H3,(H,28,31). The van der Waals surface area contributed by atoms with Gasteiger partial charge in [-0.05, 0) is 90.6 Å². The molecule has 0 saturated carbocycles. The summed E-state index contributed by atoms with van der Waals surface area (Å²) in [5.74, 6) is 1.06. The van der Waals surface area contributed by atoms with E-state index in [-0.39, 0.29) is 12.5 Å². The van der Waals surface area contributed by atoms with Crippen LogP contribution in [0.2, 0.25) is 0 Å². The number of methoxy groups -OCH3 is 1. The Hall–Kier alpha value is -2.86. The number of amides is 1. The molecule has 0 unspecified atom stereocenters. The molecule has 1 aliphatic rings. The lowest BCUT2D eigenvalue weighted by Gasteiger charge is -2.13. The largest absolute Gasteiger partial charge is 0.493 e. The minimum Gasteiger partial charge on any atom is -0.493 e. The highest BCUT2D eigenvalue weighted by Crippen LogP contribution is 2.40. The Morgan fingerprint density at radius 2 is 2.11 bits per heavy atom. The Morgan fingerprint density at radius 3 is 2.86 bits per heavy atom. The Kier molecular flexibility index (Phi) is 9.03. The quantitative estimate of drug-likeness (QED) is 0.183. The molecule has 1 N–H and O–H groups in total. The first-order valence-electron chi connectivity index (χ1n) is 11.6. The highest BCUT2D eigenvalue weighted by atomic mass is 127. The van der Waals surface area contributed by atoms with Crippen LogP contribution in [0.25, 0.3) is 0 Å². The summed E-state index contributed by atoms with van der Waals surface area (Å²) in [5, 5.41) is 3.66. The van der Waals surface area contributed by atoms with Crippen LogP contribution in [0, 0.1) is 3.57 Å². The fourth-order valence-electron chi connectivity index (χ4n) is 3.97. The minimum atomic E-state index is -0.444. The van der Waals surface area contributed by atoms with Crippen molar-refractivity contribution in [2.45, 2.75) is 39.2 Å². The Bertz CT molecular complexity index is 1250.